The van der Waals surface area contributed by atoms with Gasteiger partial charge < -0.3 is 20.5 Å². The summed E-state index contributed by atoms with van der Waals surface area (Å²) in [6.45, 7) is 8.88. The molecule has 1 aliphatic rings. The Morgan fingerprint density at radius 3 is 2.65 bits per heavy atom. The van der Waals surface area contributed by atoms with Crippen molar-refractivity contribution in [2.45, 2.75) is 51.4 Å². The summed E-state index contributed by atoms with van der Waals surface area (Å²) in [4.78, 5) is 11.6. The van der Waals surface area contributed by atoms with Gasteiger partial charge in [-0.05, 0) is 27.7 Å². The Labute approximate surface area is 103 Å². The van der Waals surface area contributed by atoms with Crippen LogP contribution < -0.4 is 10.6 Å². The van der Waals surface area contributed by atoms with Crippen molar-refractivity contribution >= 4 is 5.91 Å². The van der Waals surface area contributed by atoms with Crippen LogP contribution in [0.1, 0.15) is 34.1 Å². The van der Waals surface area contributed by atoms with Crippen LogP contribution in [0.5, 0.6) is 0 Å². The molecular weight excluding hydrogens is 220 g/mol. The van der Waals surface area contributed by atoms with Crippen molar-refractivity contribution in [3.63, 3.8) is 0 Å². The first-order chi connectivity index (χ1) is 7.73. The van der Waals surface area contributed by atoms with Crippen molar-refractivity contribution in [2.24, 2.45) is 0 Å². The molecule has 17 heavy (non-hydrogen) atoms. The van der Waals surface area contributed by atoms with Crippen LogP contribution in [0.3, 0.4) is 0 Å². The Balaban J connectivity index is 2.28. The van der Waals surface area contributed by atoms with Gasteiger partial charge in [0.05, 0.1) is 12.6 Å². The van der Waals surface area contributed by atoms with E-state index in [1.807, 2.05) is 27.7 Å². The summed E-state index contributed by atoms with van der Waals surface area (Å²) in [7, 11) is 0. The van der Waals surface area contributed by atoms with Gasteiger partial charge >= 0.3 is 0 Å². The van der Waals surface area contributed by atoms with Gasteiger partial charge in [-0.1, -0.05) is 0 Å². The number of ether oxygens (including phenoxy) is 1. The van der Waals surface area contributed by atoms with Crippen LogP contribution in [0.25, 0.3) is 0 Å². The van der Waals surface area contributed by atoms with E-state index in [1.54, 1.807) is 0 Å². The lowest BCUT2D eigenvalue weighted by Crippen LogP contribution is -2.50. The largest absolute Gasteiger partial charge is 0.385 e. The minimum absolute atomic E-state index is 0.0853. The summed E-state index contributed by atoms with van der Waals surface area (Å²) in [6, 6.07) is 0. The zero-order valence-electron chi connectivity index (χ0n) is 11.2. The maximum atomic E-state index is 11.6. The molecule has 1 heterocycles. The zero-order chi connectivity index (χ0) is 13.1. The Hall–Kier alpha value is -0.650. The molecule has 5 nitrogen and oxygen atoms in total. The maximum absolute atomic E-state index is 11.6. The van der Waals surface area contributed by atoms with Gasteiger partial charge in [-0.15, -0.1) is 0 Å². The molecule has 0 aromatic carbocycles. The highest BCUT2D eigenvalue weighted by atomic mass is 16.5. The third kappa shape index (κ3) is 4.61. The number of carbonyl (C=O) groups is 1. The molecule has 1 aliphatic heterocycles. The van der Waals surface area contributed by atoms with Crippen LogP contribution in [-0.2, 0) is 9.53 Å². The molecule has 5 heteroatoms. The van der Waals surface area contributed by atoms with Crippen molar-refractivity contribution in [2.75, 3.05) is 19.7 Å². The highest BCUT2D eigenvalue weighted by Crippen LogP contribution is 2.24. The first-order valence-electron chi connectivity index (χ1n) is 6.09. The Morgan fingerprint density at radius 1 is 1.53 bits per heavy atom. The molecule has 2 unspecified atom stereocenters. The fourth-order valence-electron chi connectivity index (χ4n) is 1.66. The van der Waals surface area contributed by atoms with E-state index in [2.05, 4.69) is 10.6 Å². The number of amides is 1. The van der Waals surface area contributed by atoms with Gasteiger partial charge in [-0.3, -0.25) is 4.79 Å². The minimum Gasteiger partial charge on any atom is -0.385 e. The quantitative estimate of drug-likeness (QED) is 0.652. The molecule has 2 atom stereocenters. The lowest BCUT2D eigenvalue weighted by Gasteiger charge is -2.26. The van der Waals surface area contributed by atoms with E-state index in [9.17, 15) is 9.90 Å². The number of carbonyl (C=O) groups excluding carboxylic acids is 1. The van der Waals surface area contributed by atoms with E-state index in [1.165, 1.54) is 0 Å². The standard InChI is InChI=1S/C12H24N2O3/c1-9-12(16,5-6-17-9)8-13-10(15)7-14-11(2,3)4/h9,14,16H,5-8H2,1-4H3,(H,13,15). The van der Waals surface area contributed by atoms with Crippen LogP contribution >= 0.6 is 0 Å². The number of rotatable bonds is 4. The van der Waals surface area contributed by atoms with Crippen molar-refractivity contribution in [3.05, 3.63) is 0 Å². The van der Waals surface area contributed by atoms with E-state index >= 15 is 0 Å². The van der Waals surface area contributed by atoms with E-state index in [-0.39, 0.29) is 30.6 Å². The third-order valence-corrected chi connectivity index (χ3v) is 3.03. The molecule has 0 spiro atoms. The number of hydrogen-bond donors (Lipinski definition) is 3. The Kier molecular flexibility index (Phi) is 4.52. The SMILES string of the molecule is CC1OCCC1(O)CNC(=O)CNC(C)(C)C. The Bertz CT molecular complexity index is 275. The summed E-state index contributed by atoms with van der Waals surface area (Å²) in [5, 5.41) is 16.0. The lowest BCUT2D eigenvalue weighted by atomic mass is 9.97. The third-order valence-electron chi connectivity index (χ3n) is 3.03. The molecule has 3 N–H and O–H groups in total. The fraction of sp³-hybridized carbons (Fsp3) is 0.917. The second kappa shape index (κ2) is 5.33. The van der Waals surface area contributed by atoms with Crippen molar-refractivity contribution < 1.29 is 14.6 Å². The first-order valence-corrected chi connectivity index (χ1v) is 6.09. The minimum atomic E-state index is -0.919. The highest BCUT2D eigenvalue weighted by molar-refractivity contribution is 5.78. The van der Waals surface area contributed by atoms with Crippen LogP contribution in [0.4, 0.5) is 0 Å². The molecule has 1 amide bonds. The van der Waals surface area contributed by atoms with E-state index in [0.29, 0.717) is 13.0 Å². The summed E-state index contributed by atoms with van der Waals surface area (Å²) in [6.07, 6.45) is 0.347. The Morgan fingerprint density at radius 2 is 2.18 bits per heavy atom. The van der Waals surface area contributed by atoms with Gasteiger partial charge in [0.25, 0.3) is 0 Å². The highest BCUT2D eigenvalue weighted by Gasteiger charge is 2.39. The molecule has 0 saturated carbocycles. The predicted molar refractivity (Wildman–Crippen MR) is 65.7 cm³/mol. The van der Waals surface area contributed by atoms with Crippen LogP contribution in [-0.4, -0.2) is 48.0 Å². The summed E-state index contributed by atoms with van der Waals surface area (Å²) >= 11 is 0. The molecular formula is C12H24N2O3. The molecule has 1 saturated heterocycles. The lowest BCUT2D eigenvalue weighted by molar-refractivity contribution is -0.122. The molecule has 0 aromatic rings. The molecule has 100 valence electrons. The smallest absolute Gasteiger partial charge is 0.234 e. The van der Waals surface area contributed by atoms with Gasteiger partial charge in [-0.25, -0.2) is 0 Å². The zero-order valence-corrected chi connectivity index (χ0v) is 11.2. The normalized spacial score (nSPS) is 29.4. The van der Waals surface area contributed by atoms with Gasteiger partial charge in [0, 0.05) is 25.1 Å². The monoisotopic (exact) mass is 244 g/mol. The molecule has 0 bridgehead atoms. The second-order valence-electron chi connectivity index (χ2n) is 5.75. The fourth-order valence-corrected chi connectivity index (χ4v) is 1.66. The van der Waals surface area contributed by atoms with Crippen molar-refractivity contribution in [1.29, 1.82) is 0 Å². The summed E-state index contributed by atoms with van der Waals surface area (Å²) in [5.41, 5.74) is -1.00. The summed E-state index contributed by atoms with van der Waals surface area (Å²) < 4.78 is 5.30. The number of hydrogen-bond acceptors (Lipinski definition) is 4. The average molecular weight is 244 g/mol. The topological polar surface area (TPSA) is 70.6 Å². The van der Waals surface area contributed by atoms with Crippen molar-refractivity contribution in [1.82, 2.24) is 10.6 Å². The van der Waals surface area contributed by atoms with Crippen LogP contribution in [0.15, 0.2) is 0 Å². The molecule has 1 rings (SSSR count). The predicted octanol–water partition coefficient (Wildman–Crippen LogP) is 0.0306. The first kappa shape index (κ1) is 14.4. The summed E-state index contributed by atoms with van der Waals surface area (Å²) in [5.74, 6) is -0.104. The second-order valence-corrected chi connectivity index (χ2v) is 5.75. The van der Waals surface area contributed by atoms with E-state index in [4.69, 9.17) is 4.74 Å². The molecule has 0 radical (unpaired) electrons. The van der Waals surface area contributed by atoms with E-state index in [0.717, 1.165) is 0 Å². The average Bonchev–Trinajstić information content (AvgIpc) is 2.53. The molecule has 0 aliphatic carbocycles. The molecule has 0 aromatic heterocycles. The number of aliphatic hydroxyl groups is 1. The van der Waals surface area contributed by atoms with Gasteiger partial charge in [0.1, 0.15) is 5.60 Å². The maximum Gasteiger partial charge on any atom is 0.234 e. The number of nitrogens with one attached hydrogen (secondary N) is 2. The van der Waals surface area contributed by atoms with Crippen molar-refractivity contribution in [3.8, 4) is 0 Å². The van der Waals surface area contributed by atoms with Gasteiger partial charge in [0.2, 0.25) is 5.91 Å². The van der Waals surface area contributed by atoms with Crippen LogP contribution in [0.2, 0.25) is 0 Å². The van der Waals surface area contributed by atoms with E-state index < -0.39 is 5.60 Å². The van der Waals surface area contributed by atoms with Gasteiger partial charge in [-0.2, -0.15) is 0 Å². The molecule has 1 fully saturated rings. The van der Waals surface area contributed by atoms with Gasteiger partial charge in [0.15, 0.2) is 0 Å². The van der Waals surface area contributed by atoms with Crippen LogP contribution in [0, 0.1) is 0 Å².